The molecule has 0 saturated carbocycles. The number of anilines is 2. The van der Waals surface area contributed by atoms with Gasteiger partial charge in [-0.1, -0.05) is 0 Å². The Morgan fingerprint density at radius 2 is 1.24 bits per heavy atom. The number of hydrogen-bond acceptors (Lipinski definition) is 16. The first kappa shape index (κ1) is 33.7. The Morgan fingerprint density at radius 1 is 0.686 bits per heavy atom. The summed E-state index contributed by atoms with van der Waals surface area (Å²) in [6.45, 7) is 0.236. The van der Waals surface area contributed by atoms with E-state index in [-0.39, 0.29) is 52.9 Å². The van der Waals surface area contributed by atoms with Gasteiger partial charge in [0.25, 0.3) is 11.8 Å². The van der Waals surface area contributed by atoms with Crippen molar-refractivity contribution in [1.82, 2.24) is 50.5 Å². The highest BCUT2D eigenvalue weighted by Gasteiger charge is 2.21. The smallest absolute Gasteiger partial charge is 0.340 e. The van der Waals surface area contributed by atoms with Gasteiger partial charge in [-0.15, -0.1) is 29.7 Å². The molecule has 2 N–H and O–H groups in total. The number of amides is 2. The number of ether oxygens (including phenoxy) is 4. The molecule has 21 heteroatoms. The van der Waals surface area contributed by atoms with Gasteiger partial charge in [-0.05, 0) is 76.2 Å². The third-order valence-electron chi connectivity index (χ3n) is 7.04. The minimum absolute atomic E-state index is 0.0115. The predicted octanol–water partition coefficient (Wildman–Crippen LogP) is 1.81. The van der Waals surface area contributed by atoms with Crippen LogP contribution in [-0.4, -0.2) is 102 Å². The van der Waals surface area contributed by atoms with Gasteiger partial charge in [-0.2, -0.15) is 0 Å². The highest BCUT2D eigenvalue weighted by atomic mass is 19.1. The first-order valence-corrected chi connectivity index (χ1v) is 14.9. The van der Waals surface area contributed by atoms with E-state index in [1.54, 1.807) is 0 Å². The summed E-state index contributed by atoms with van der Waals surface area (Å²) in [7, 11) is 2.33. The number of tetrazole rings is 2. The lowest BCUT2D eigenvalue weighted by Crippen LogP contribution is -2.18. The number of hydrogen-bond donors (Lipinski definition) is 2. The molecule has 0 saturated heterocycles. The number of methoxy groups -OCH3 is 2. The standard InChI is InChI=1S/C30H25FN12O8/c1-48-29(46)17-6-5-16(13-22(17)32-27(44)20-7-9-25-34-38-40-42(25)36-20)50-11-3-4-12-51-24-15-23(18(14-19(24)31)30(47)49-2)33-28(45)21-8-10-26-35-39-41-43(26)37-21/h5-10,13-15H,3-4,11-12H2,1-2H3,(H,32,44)(H,33,45). The zero-order valence-electron chi connectivity index (χ0n) is 26.6. The molecular weight excluding hydrogens is 675 g/mol. The summed E-state index contributed by atoms with van der Waals surface area (Å²) >= 11 is 0. The van der Waals surface area contributed by atoms with E-state index in [0.717, 1.165) is 22.4 Å². The Balaban J connectivity index is 1.06. The molecule has 0 fully saturated rings. The fraction of sp³-hybridized carbons (Fsp3) is 0.200. The van der Waals surface area contributed by atoms with Crippen molar-refractivity contribution in [1.29, 1.82) is 0 Å². The van der Waals surface area contributed by atoms with Gasteiger partial charge in [0, 0.05) is 12.1 Å². The van der Waals surface area contributed by atoms with Crippen LogP contribution in [0.4, 0.5) is 15.8 Å². The summed E-state index contributed by atoms with van der Waals surface area (Å²) in [6, 6.07) is 12.3. The second-order valence-electron chi connectivity index (χ2n) is 10.3. The van der Waals surface area contributed by atoms with Crippen LogP contribution in [0.3, 0.4) is 0 Å². The number of fused-ring (bicyclic) bond motifs is 2. The number of halogens is 1. The van der Waals surface area contributed by atoms with Crippen molar-refractivity contribution in [2.45, 2.75) is 12.8 Å². The van der Waals surface area contributed by atoms with Crippen molar-refractivity contribution >= 4 is 46.4 Å². The van der Waals surface area contributed by atoms with E-state index in [4.69, 9.17) is 18.9 Å². The van der Waals surface area contributed by atoms with Crippen LogP contribution in [0.2, 0.25) is 0 Å². The molecule has 0 aliphatic carbocycles. The van der Waals surface area contributed by atoms with Crippen LogP contribution < -0.4 is 20.1 Å². The zero-order valence-corrected chi connectivity index (χ0v) is 26.6. The number of nitrogens with one attached hydrogen (secondary N) is 2. The van der Waals surface area contributed by atoms with Crippen molar-refractivity contribution in [2.24, 2.45) is 0 Å². The molecule has 20 nitrogen and oxygen atoms in total. The van der Waals surface area contributed by atoms with Gasteiger partial charge >= 0.3 is 11.9 Å². The third-order valence-corrected chi connectivity index (χ3v) is 7.04. The van der Waals surface area contributed by atoms with Gasteiger partial charge in [0.15, 0.2) is 34.2 Å². The van der Waals surface area contributed by atoms with Crippen LogP contribution in [0.1, 0.15) is 54.5 Å². The van der Waals surface area contributed by atoms with E-state index in [1.807, 2.05) is 0 Å². The highest BCUT2D eigenvalue weighted by Crippen LogP contribution is 2.28. The third kappa shape index (κ3) is 7.61. The fourth-order valence-corrected chi connectivity index (χ4v) is 4.54. The number of benzene rings is 2. The number of rotatable bonds is 13. The molecule has 6 rings (SSSR count). The van der Waals surface area contributed by atoms with E-state index in [1.165, 1.54) is 55.6 Å². The quantitative estimate of drug-likeness (QED) is 0.129. The second kappa shape index (κ2) is 14.9. The molecule has 0 aliphatic heterocycles. The molecule has 0 radical (unpaired) electrons. The lowest BCUT2D eigenvalue weighted by atomic mass is 10.1. The van der Waals surface area contributed by atoms with E-state index in [9.17, 15) is 23.6 Å². The SMILES string of the molecule is COC(=O)c1ccc(OCCCCOc2cc(NC(=O)c3ccc4nnnn4n3)c(C(=O)OC)cc2F)cc1NC(=O)c1ccc2nnnn2n1. The normalized spacial score (nSPS) is 10.9. The molecule has 6 aromatic rings. The summed E-state index contributed by atoms with van der Waals surface area (Å²) in [4.78, 5) is 50.6. The van der Waals surface area contributed by atoms with Gasteiger partial charge in [-0.3, -0.25) is 9.59 Å². The van der Waals surface area contributed by atoms with Crippen LogP contribution >= 0.6 is 0 Å². The van der Waals surface area contributed by atoms with Gasteiger partial charge in [0.2, 0.25) is 0 Å². The van der Waals surface area contributed by atoms with Crippen molar-refractivity contribution in [2.75, 3.05) is 38.1 Å². The average molecular weight is 701 g/mol. The first-order valence-electron chi connectivity index (χ1n) is 14.9. The van der Waals surface area contributed by atoms with E-state index < -0.39 is 29.6 Å². The molecule has 2 amide bonds. The fourth-order valence-electron chi connectivity index (χ4n) is 4.54. The maximum absolute atomic E-state index is 14.9. The first-order chi connectivity index (χ1) is 24.7. The number of carbonyl (C=O) groups excluding carboxylic acids is 4. The lowest BCUT2D eigenvalue weighted by molar-refractivity contribution is 0.0592. The Bertz CT molecular complexity index is 2280. The molecule has 4 aromatic heterocycles. The number of unbranched alkanes of at least 4 members (excludes halogenated alkanes) is 1. The highest BCUT2D eigenvalue weighted by molar-refractivity contribution is 6.08. The Labute approximate surface area is 284 Å². The molecule has 0 unspecified atom stereocenters. The van der Waals surface area contributed by atoms with Crippen LogP contribution in [0.5, 0.6) is 11.5 Å². The zero-order chi connectivity index (χ0) is 35.9. The number of nitrogens with zero attached hydrogens (tertiary/aromatic N) is 10. The van der Waals surface area contributed by atoms with Crippen molar-refractivity contribution in [3.05, 3.63) is 82.9 Å². The van der Waals surface area contributed by atoms with Crippen LogP contribution in [0.15, 0.2) is 54.6 Å². The minimum Gasteiger partial charge on any atom is -0.494 e. The van der Waals surface area contributed by atoms with Crippen molar-refractivity contribution in [3.63, 3.8) is 0 Å². The summed E-state index contributed by atoms with van der Waals surface area (Å²) in [5.41, 5.74) is 0.440. The van der Waals surface area contributed by atoms with Gasteiger partial charge in [0.1, 0.15) is 5.75 Å². The molecule has 2 aromatic carbocycles. The number of aromatic nitrogens is 10. The summed E-state index contributed by atoms with van der Waals surface area (Å²) in [5.74, 6) is -3.68. The Kier molecular flexibility index (Phi) is 9.86. The molecule has 0 atom stereocenters. The molecular formula is C30H25FN12O8. The monoisotopic (exact) mass is 700 g/mol. The summed E-state index contributed by atoms with van der Waals surface area (Å²) in [5, 5.41) is 34.9. The molecule has 0 aliphatic rings. The molecule has 51 heavy (non-hydrogen) atoms. The van der Waals surface area contributed by atoms with Crippen molar-refractivity contribution < 1.29 is 42.5 Å². The summed E-state index contributed by atoms with van der Waals surface area (Å²) < 4.78 is 38.1. The lowest BCUT2D eigenvalue weighted by Gasteiger charge is -2.14. The molecule has 260 valence electrons. The van der Waals surface area contributed by atoms with Gasteiger partial charge < -0.3 is 29.6 Å². The minimum atomic E-state index is -0.887. The van der Waals surface area contributed by atoms with Gasteiger partial charge in [-0.25, -0.2) is 14.0 Å². The van der Waals surface area contributed by atoms with E-state index in [0.29, 0.717) is 29.9 Å². The number of esters is 2. The van der Waals surface area contributed by atoms with Crippen LogP contribution in [0, 0.1) is 5.82 Å². The topological polar surface area (TPSA) is 241 Å². The van der Waals surface area contributed by atoms with Crippen LogP contribution in [0.25, 0.3) is 11.3 Å². The van der Waals surface area contributed by atoms with E-state index >= 15 is 0 Å². The molecule has 0 bridgehead atoms. The number of carbonyl (C=O) groups is 4. The largest absolute Gasteiger partial charge is 0.494 e. The molecule has 0 spiro atoms. The molecule has 4 heterocycles. The maximum atomic E-state index is 14.9. The second-order valence-corrected chi connectivity index (χ2v) is 10.3. The average Bonchev–Trinajstić information content (AvgIpc) is 3.82. The van der Waals surface area contributed by atoms with Gasteiger partial charge in [0.05, 0.1) is 49.9 Å². The Hall–Kier alpha value is -7.19. The summed E-state index contributed by atoms with van der Waals surface area (Å²) in [6.07, 6.45) is 0.859. The van der Waals surface area contributed by atoms with E-state index in [2.05, 4.69) is 51.9 Å². The maximum Gasteiger partial charge on any atom is 0.340 e. The Morgan fingerprint density at radius 3 is 1.82 bits per heavy atom. The van der Waals surface area contributed by atoms with Crippen LogP contribution in [-0.2, 0) is 9.47 Å². The predicted molar refractivity (Wildman–Crippen MR) is 169 cm³/mol. The van der Waals surface area contributed by atoms with Crippen molar-refractivity contribution in [3.8, 4) is 11.5 Å².